The van der Waals surface area contributed by atoms with E-state index < -0.39 is 17.8 Å². The summed E-state index contributed by atoms with van der Waals surface area (Å²) in [7, 11) is 2.53. The van der Waals surface area contributed by atoms with E-state index in [2.05, 4.69) is 4.74 Å². The molecule has 0 unspecified atom stereocenters. The summed E-state index contributed by atoms with van der Waals surface area (Å²) in [4.78, 5) is 11.2. The van der Waals surface area contributed by atoms with Crippen molar-refractivity contribution in [2.45, 2.75) is 6.04 Å². The largest absolute Gasteiger partial charge is 0.493 e. The van der Waals surface area contributed by atoms with Crippen molar-refractivity contribution in [1.82, 2.24) is 0 Å². The third-order valence-corrected chi connectivity index (χ3v) is 1.99. The molecule has 0 spiro atoms. The lowest BCUT2D eigenvalue weighted by Gasteiger charge is -2.13. The van der Waals surface area contributed by atoms with Crippen molar-refractivity contribution >= 4 is 18.4 Å². The number of carbonyl (C=O) groups is 1. The number of hydrogen-bond acceptors (Lipinski definition) is 4. The quantitative estimate of drug-likeness (QED) is 0.824. The Morgan fingerprint density at radius 3 is 2.56 bits per heavy atom. The smallest absolute Gasteiger partial charge is 0.327 e. The van der Waals surface area contributed by atoms with Crippen LogP contribution < -0.4 is 10.5 Å². The van der Waals surface area contributed by atoms with E-state index in [1.54, 1.807) is 0 Å². The Morgan fingerprint density at radius 1 is 1.44 bits per heavy atom. The molecular weight excluding hydrogens is 237 g/mol. The first-order valence-electron chi connectivity index (χ1n) is 4.27. The minimum atomic E-state index is -1.04. The molecule has 2 N–H and O–H groups in total. The molecule has 0 saturated carbocycles. The third kappa shape index (κ3) is 2.84. The van der Waals surface area contributed by atoms with E-state index in [1.807, 2.05) is 0 Å². The highest BCUT2D eigenvalue weighted by Crippen LogP contribution is 2.27. The summed E-state index contributed by atoms with van der Waals surface area (Å²) in [6.45, 7) is 0. The van der Waals surface area contributed by atoms with Crippen LogP contribution in [0, 0.1) is 5.82 Å². The Bertz CT molecular complexity index is 373. The SMILES string of the molecule is COC(=O)[C@@H](N)c1cccc(F)c1OC.Cl. The maximum absolute atomic E-state index is 13.2. The highest BCUT2D eigenvalue weighted by molar-refractivity contribution is 5.85. The van der Waals surface area contributed by atoms with Crippen LogP contribution in [0.2, 0.25) is 0 Å². The van der Waals surface area contributed by atoms with Gasteiger partial charge in [0.25, 0.3) is 0 Å². The molecule has 0 amide bonds. The maximum atomic E-state index is 13.2. The molecule has 0 fully saturated rings. The van der Waals surface area contributed by atoms with Gasteiger partial charge in [0.15, 0.2) is 11.6 Å². The summed E-state index contributed by atoms with van der Waals surface area (Å²) >= 11 is 0. The number of nitrogens with two attached hydrogens (primary N) is 1. The van der Waals surface area contributed by atoms with Crippen LogP contribution >= 0.6 is 12.4 Å². The van der Waals surface area contributed by atoms with Crippen LogP contribution in [0.5, 0.6) is 5.75 Å². The number of para-hydroxylation sites is 1. The Labute approximate surface area is 98.9 Å². The van der Waals surface area contributed by atoms with E-state index in [1.165, 1.54) is 32.4 Å². The molecule has 0 aromatic heterocycles. The second-order valence-corrected chi connectivity index (χ2v) is 2.86. The van der Waals surface area contributed by atoms with Gasteiger partial charge in [0.2, 0.25) is 0 Å². The predicted octanol–water partition coefficient (Wildman–Crippen LogP) is 1.43. The van der Waals surface area contributed by atoms with Crippen molar-refractivity contribution in [1.29, 1.82) is 0 Å². The van der Waals surface area contributed by atoms with E-state index in [0.717, 1.165) is 0 Å². The molecule has 0 aliphatic carbocycles. The van der Waals surface area contributed by atoms with Crippen LogP contribution in [0.3, 0.4) is 0 Å². The van der Waals surface area contributed by atoms with Gasteiger partial charge in [-0.1, -0.05) is 12.1 Å². The number of benzene rings is 1. The molecule has 6 heteroatoms. The number of methoxy groups -OCH3 is 2. The number of carbonyl (C=O) groups excluding carboxylic acids is 1. The molecule has 0 heterocycles. The van der Waals surface area contributed by atoms with Gasteiger partial charge in [0.1, 0.15) is 6.04 Å². The Hall–Kier alpha value is -1.33. The lowest BCUT2D eigenvalue weighted by atomic mass is 10.1. The first kappa shape index (κ1) is 14.7. The highest BCUT2D eigenvalue weighted by atomic mass is 35.5. The van der Waals surface area contributed by atoms with E-state index >= 15 is 0 Å². The summed E-state index contributed by atoms with van der Waals surface area (Å²) in [5.74, 6) is -1.23. The molecule has 0 aliphatic heterocycles. The zero-order chi connectivity index (χ0) is 11.4. The van der Waals surface area contributed by atoms with E-state index in [9.17, 15) is 9.18 Å². The van der Waals surface area contributed by atoms with Gasteiger partial charge in [-0.05, 0) is 6.07 Å². The van der Waals surface area contributed by atoms with Crippen molar-refractivity contribution in [2.24, 2.45) is 5.73 Å². The Kier molecular flexibility index (Phi) is 5.77. The van der Waals surface area contributed by atoms with Gasteiger partial charge in [-0.15, -0.1) is 12.4 Å². The summed E-state index contributed by atoms with van der Waals surface area (Å²) < 4.78 is 22.5. The standard InChI is InChI=1S/C10H12FNO3.ClH/c1-14-9-6(4-3-5-7(9)11)8(12)10(13)15-2;/h3-5,8H,12H2,1-2H3;1H/t8-;/m0./s1. The third-order valence-electron chi connectivity index (χ3n) is 1.99. The van der Waals surface area contributed by atoms with Crippen LogP contribution in [0.25, 0.3) is 0 Å². The Morgan fingerprint density at radius 2 is 2.06 bits per heavy atom. The van der Waals surface area contributed by atoms with Gasteiger partial charge in [-0.2, -0.15) is 0 Å². The average molecular weight is 250 g/mol. The van der Waals surface area contributed by atoms with Gasteiger partial charge in [-0.3, -0.25) is 4.79 Å². The number of esters is 1. The summed E-state index contributed by atoms with van der Waals surface area (Å²) in [6.07, 6.45) is 0. The number of hydrogen-bond donors (Lipinski definition) is 1. The lowest BCUT2D eigenvalue weighted by Crippen LogP contribution is -2.23. The second kappa shape index (κ2) is 6.30. The molecule has 4 nitrogen and oxygen atoms in total. The van der Waals surface area contributed by atoms with Gasteiger partial charge >= 0.3 is 5.97 Å². The number of rotatable bonds is 3. The first-order valence-corrected chi connectivity index (χ1v) is 4.27. The fraction of sp³-hybridized carbons (Fsp3) is 0.300. The van der Waals surface area contributed by atoms with Gasteiger partial charge in [-0.25, -0.2) is 4.39 Å². The summed E-state index contributed by atoms with van der Waals surface area (Å²) in [5, 5.41) is 0. The highest BCUT2D eigenvalue weighted by Gasteiger charge is 2.22. The van der Waals surface area contributed by atoms with Gasteiger partial charge in [0.05, 0.1) is 14.2 Å². The molecular formula is C10H13ClFNO3. The zero-order valence-electron chi connectivity index (χ0n) is 8.90. The fourth-order valence-corrected chi connectivity index (χ4v) is 1.24. The molecule has 0 bridgehead atoms. The molecule has 1 aromatic rings. The minimum Gasteiger partial charge on any atom is -0.493 e. The molecule has 16 heavy (non-hydrogen) atoms. The van der Waals surface area contributed by atoms with Crippen LogP contribution in [0.1, 0.15) is 11.6 Å². The molecule has 1 atom stereocenters. The topological polar surface area (TPSA) is 61.5 Å². The predicted molar refractivity (Wildman–Crippen MR) is 59.1 cm³/mol. The first-order chi connectivity index (χ1) is 7.11. The van der Waals surface area contributed by atoms with Crippen LogP contribution in [0.4, 0.5) is 4.39 Å². The van der Waals surface area contributed by atoms with Crippen molar-refractivity contribution < 1.29 is 18.7 Å². The van der Waals surface area contributed by atoms with Crippen LogP contribution in [0.15, 0.2) is 18.2 Å². The molecule has 90 valence electrons. The summed E-state index contributed by atoms with van der Waals surface area (Å²) in [6, 6.07) is 3.16. The molecule has 0 saturated heterocycles. The fourth-order valence-electron chi connectivity index (χ4n) is 1.24. The number of halogens is 2. The van der Waals surface area contributed by atoms with E-state index in [0.29, 0.717) is 0 Å². The summed E-state index contributed by atoms with van der Waals surface area (Å²) in [5.41, 5.74) is 5.84. The normalized spacial score (nSPS) is 11.2. The van der Waals surface area contributed by atoms with Gasteiger partial charge < -0.3 is 15.2 Å². The second-order valence-electron chi connectivity index (χ2n) is 2.86. The van der Waals surface area contributed by atoms with Crippen molar-refractivity contribution in [3.63, 3.8) is 0 Å². The van der Waals surface area contributed by atoms with Gasteiger partial charge in [0, 0.05) is 5.56 Å². The van der Waals surface area contributed by atoms with Crippen LogP contribution in [-0.2, 0) is 9.53 Å². The zero-order valence-corrected chi connectivity index (χ0v) is 9.71. The van der Waals surface area contributed by atoms with E-state index in [4.69, 9.17) is 10.5 Å². The molecule has 0 radical (unpaired) electrons. The average Bonchev–Trinajstić information content (AvgIpc) is 2.26. The minimum absolute atomic E-state index is 0. The van der Waals surface area contributed by atoms with Crippen LogP contribution in [-0.4, -0.2) is 20.2 Å². The van der Waals surface area contributed by atoms with E-state index in [-0.39, 0.29) is 23.7 Å². The van der Waals surface area contributed by atoms with Crippen molar-refractivity contribution in [3.05, 3.63) is 29.6 Å². The number of ether oxygens (including phenoxy) is 2. The molecule has 0 aliphatic rings. The molecule has 1 rings (SSSR count). The monoisotopic (exact) mass is 249 g/mol. The van der Waals surface area contributed by atoms with Crippen molar-refractivity contribution in [2.75, 3.05) is 14.2 Å². The molecule has 1 aromatic carbocycles. The maximum Gasteiger partial charge on any atom is 0.327 e. The lowest BCUT2D eigenvalue weighted by molar-refractivity contribution is -0.142. The Balaban J connectivity index is 0.00000225. The van der Waals surface area contributed by atoms with Crippen molar-refractivity contribution in [3.8, 4) is 5.75 Å².